The fraction of sp³-hybridized carbons (Fsp3) is 0.240. The number of carbonyl (C=O) groups excluding carboxylic acids is 2. The summed E-state index contributed by atoms with van der Waals surface area (Å²) in [6.45, 7) is 0.697. The number of hydrogen-bond acceptors (Lipinski definition) is 7. The second-order valence-corrected chi connectivity index (χ2v) is 9.85. The molecule has 182 valence electrons. The first-order chi connectivity index (χ1) is 16.9. The third-order valence-corrected chi connectivity index (χ3v) is 7.64. The first-order valence-electron chi connectivity index (χ1n) is 11.0. The van der Waals surface area contributed by atoms with Crippen molar-refractivity contribution in [3.63, 3.8) is 0 Å². The predicted molar refractivity (Wildman–Crippen MR) is 131 cm³/mol. The number of esters is 1. The van der Waals surface area contributed by atoms with E-state index in [2.05, 4.69) is 9.89 Å². The minimum atomic E-state index is -3.65. The van der Waals surface area contributed by atoms with E-state index in [0.717, 1.165) is 10.8 Å². The van der Waals surface area contributed by atoms with E-state index in [-0.39, 0.29) is 43.6 Å². The average molecular weight is 496 g/mol. The number of carbonyl (C=O) groups is 2. The molecule has 4 rings (SSSR count). The summed E-state index contributed by atoms with van der Waals surface area (Å²) >= 11 is 0. The van der Waals surface area contributed by atoms with Gasteiger partial charge < -0.3 is 14.5 Å². The molecular weight excluding hydrogens is 470 g/mol. The first kappa shape index (κ1) is 24.4. The van der Waals surface area contributed by atoms with Gasteiger partial charge in [0.25, 0.3) is 5.91 Å². The van der Waals surface area contributed by atoms with Crippen molar-refractivity contribution in [1.29, 1.82) is 0 Å². The van der Waals surface area contributed by atoms with Gasteiger partial charge in [0.15, 0.2) is 6.61 Å². The van der Waals surface area contributed by atoms with Crippen molar-refractivity contribution in [3.8, 4) is 0 Å². The Morgan fingerprint density at radius 2 is 1.63 bits per heavy atom. The van der Waals surface area contributed by atoms with Gasteiger partial charge in [-0.3, -0.25) is 4.79 Å². The molecule has 0 bridgehead atoms. The summed E-state index contributed by atoms with van der Waals surface area (Å²) in [6.07, 6.45) is 1.43. The molecule has 3 aromatic carbocycles. The summed E-state index contributed by atoms with van der Waals surface area (Å²) in [5, 5.41) is 5.63. The number of oxime groups is 1. The van der Waals surface area contributed by atoms with Gasteiger partial charge in [0.05, 0.1) is 23.8 Å². The van der Waals surface area contributed by atoms with Gasteiger partial charge in [-0.2, -0.15) is 4.31 Å². The third-order valence-electron chi connectivity index (χ3n) is 5.75. The van der Waals surface area contributed by atoms with Gasteiger partial charge >= 0.3 is 5.97 Å². The van der Waals surface area contributed by atoms with Crippen molar-refractivity contribution in [1.82, 2.24) is 9.21 Å². The second kappa shape index (κ2) is 10.7. The number of ether oxygens (including phenoxy) is 1. The van der Waals surface area contributed by atoms with Crippen LogP contribution in [0.5, 0.6) is 0 Å². The van der Waals surface area contributed by atoms with Crippen molar-refractivity contribution >= 4 is 38.9 Å². The zero-order valence-corrected chi connectivity index (χ0v) is 20.0. The van der Waals surface area contributed by atoms with Crippen LogP contribution in [0, 0.1) is 0 Å². The number of benzene rings is 3. The molecule has 3 aromatic rings. The smallest absolute Gasteiger partial charge is 0.337 e. The minimum absolute atomic E-state index is 0.205. The summed E-state index contributed by atoms with van der Waals surface area (Å²) in [5.74, 6) is -0.702. The van der Waals surface area contributed by atoms with Crippen molar-refractivity contribution < 1.29 is 27.6 Å². The lowest BCUT2D eigenvalue weighted by molar-refractivity contribution is -0.137. The molecule has 0 N–H and O–H groups in total. The fourth-order valence-electron chi connectivity index (χ4n) is 3.76. The van der Waals surface area contributed by atoms with Gasteiger partial charge in [0.2, 0.25) is 10.0 Å². The number of nitrogens with zero attached hydrogens (tertiary/aromatic N) is 3. The Labute approximate surface area is 203 Å². The molecule has 0 unspecified atom stereocenters. The predicted octanol–water partition coefficient (Wildman–Crippen LogP) is 2.51. The summed E-state index contributed by atoms with van der Waals surface area (Å²) in [5.41, 5.74) is 1.11. The maximum absolute atomic E-state index is 13.1. The maximum Gasteiger partial charge on any atom is 0.337 e. The second-order valence-electron chi connectivity index (χ2n) is 7.92. The van der Waals surface area contributed by atoms with Crippen LogP contribution < -0.4 is 0 Å². The van der Waals surface area contributed by atoms with E-state index >= 15 is 0 Å². The third kappa shape index (κ3) is 5.67. The number of methoxy groups -OCH3 is 1. The zero-order chi connectivity index (χ0) is 24.8. The van der Waals surface area contributed by atoms with Gasteiger partial charge in [-0.05, 0) is 40.6 Å². The van der Waals surface area contributed by atoms with Crippen LogP contribution in [-0.4, -0.2) is 75.6 Å². The Hall–Kier alpha value is -3.76. The molecule has 0 aromatic heterocycles. The topological polar surface area (TPSA) is 106 Å². The molecule has 0 spiro atoms. The number of rotatable bonds is 7. The van der Waals surface area contributed by atoms with E-state index < -0.39 is 16.0 Å². The lowest BCUT2D eigenvalue weighted by Crippen LogP contribution is -2.51. The van der Waals surface area contributed by atoms with Gasteiger partial charge in [-0.15, -0.1) is 0 Å². The quantitative estimate of drug-likeness (QED) is 0.283. The lowest BCUT2D eigenvalue weighted by Gasteiger charge is -2.33. The average Bonchev–Trinajstić information content (AvgIpc) is 2.90. The van der Waals surface area contributed by atoms with Crippen LogP contribution in [0.15, 0.2) is 76.8 Å². The molecule has 10 heteroatoms. The van der Waals surface area contributed by atoms with Gasteiger partial charge in [0.1, 0.15) is 0 Å². The highest BCUT2D eigenvalue weighted by Gasteiger charge is 2.30. The van der Waals surface area contributed by atoms with Crippen LogP contribution in [0.4, 0.5) is 0 Å². The molecular formula is C25H25N3O6S. The first-order valence-corrected chi connectivity index (χ1v) is 12.4. The van der Waals surface area contributed by atoms with Crippen LogP contribution in [0.3, 0.4) is 0 Å². The summed E-state index contributed by atoms with van der Waals surface area (Å²) < 4.78 is 32.2. The summed E-state index contributed by atoms with van der Waals surface area (Å²) in [7, 11) is -2.34. The molecule has 9 nitrogen and oxygen atoms in total. The van der Waals surface area contributed by atoms with Crippen LogP contribution >= 0.6 is 0 Å². The molecule has 1 aliphatic heterocycles. The van der Waals surface area contributed by atoms with E-state index in [1.165, 1.54) is 17.6 Å². The van der Waals surface area contributed by atoms with Crippen molar-refractivity contribution in [2.75, 3.05) is 39.9 Å². The van der Waals surface area contributed by atoms with Crippen LogP contribution in [0.25, 0.3) is 10.8 Å². The van der Waals surface area contributed by atoms with Crippen LogP contribution in [0.2, 0.25) is 0 Å². The molecule has 1 saturated heterocycles. The largest absolute Gasteiger partial charge is 0.465 e. The van der Waals surface area contributed by atoms with Crippen LogP contribution in [-0.2, 0) is 24.4 Å². The van der Waals surface area contributed by atoms with Gasteiger partial charge in [-0.1, -0.05) is 47.6 Å². The fourth-order valence-corrected chi connectivity index (χ4v) is 5.22. The van der Waals surface area contributed by atoms with Crippen molar-refractivity contribution in [3.05, 3.63) is 77.9 Å². The number of amides is 1. The molecule has 1 fully saturated rings. The standard InChI is InChI=1S/C25H25N3O6S/c1-33-25(30)21-8-6-19(7-9-21)17-26-34-18-24(29)27-12-14-28(15-13-27)35(31,32)23-11-10-20-4-2-3-5-22(20)16-23/h2-11,16-17H,12-15,18H2,1H3/b26-17-. The molecule has 0 radical (unpaired) electrons. The SMILES string of the molecule is COC(=O)c1ccc(/C=N\OCC(=O)N2CCN(S(=O)(=O)c3ccc4ccccc4c3)CC2)cc1. The van der Waals surface area contributed by atoms with Crippen molar-refractivity contribution in [2.24, 2.45) is 5.16 Å². The highest BCUT2D eigenvalue weighted by molar-refractivity contribution is 7.89. The summed E-state index contributed by atoms with van der Waals surface area (Å²) in [4.78, 5) is 30.8. The Morgan fingerprint density at radius 3 is 2.31 bits per heavy atom. The van der Waals surface area contributed by atoms with E-state index in [1.54, 1.807) is 47.4 Å². The molecule has 1 aliphatic rings. The van der Waals surface area contributed by atoms with Gasteiger partial charge in [-0.25, -0.2) is 13.2 Å². The van der Waals surface area contributed by atoms with E-state index in [0.29, 0.717) is 11.1 Å². The van der Waals surface area contributed by atoms with Crippen LogP contribution in [0.1, 0.15) is 15.9 Å². The monoisotopic (exact) mass is 495 g/mol. The van der Waals surface area contributed by atoms with E-state index in [9.17, 15) is 18.0 Å². The Morgan fingerprint density at radius 1 is 0.943 bits per heavy atom. The Kier molecular flexibility index (Phi) is 7.42. The van der Waals surface area contributed by atoms with E-state index in [1.807, 2.05) is 24.3 Å². The molecule has 1 heterocycles. The number of fused-ring (bicyclic) bond motifs is 1. The molecule has 0 saturated carbocycles. The maximum atomic E-state index is 13.1. The molecule has 0 aliphatic carbocycles. The minimum Gasteiger partial charge on any atom is -0.465 e. The number of sulfonamides is 1. The van der Waals surface area contributed by atoms with E-state index in [4.69, 9.17) is 4.84 Å². The summed E-state index contributed by atoms with van der Waals surface area (Å²) in [6, 6.07) is 19.2. The molecule has 35 heavy (non-hydrogen) atoms. The molecule has 1 amide bonds. The van der Waals surface area contributed by atoms with Gasteiger partial charge in [0, 0.05) is 26.2 Å². The lowest BCUT2D eigenvalue weighted by atomic mass is 10.1. The molecule has 0 atom stereocenters. The zero-order valence-electron chi connectivity index (χ0n) is 19.2. The highest BCUT2D eigenvalue weighted by atomic mass is 32.2. The number of piperazine rings is 1. The highest BCUT2D eigenvalue weighted by Crippen LogP contribution is 2.23. The Balaban J connectivity index is 1.27. The number of hydrogen-bond donors (Lipinski definition) is 0. The normalized spacial score (nSPS) is 14.8. The van der Waals surface area contributed by atoms with Crippen molar-refractivity contribution in [2.45, 2.75) is 4.90 Å². The Bertz CT molecular complexity index is 1350.